The lowest BCUT2D eigenvalue weighted by molar-refractivity contribution is -0.145. The Hall–Kier alpha value is -3.15. The fourth-order valence-corrected chi connectivity index (χ4v) is 2.99. The van der Waals surface area contributed by atoms with Gasteiger partial charge in [0.2, 0.25) is 0 Å². The van der Waals surface area contributed by atoms with E-state index < -0.39 is 23.8 Å². The van der Waals surface area contributed by atoms with E-state index >= 15 is 0 Å². The van der Waals surface area contributed by atoms with E-state index in [1.165, 1.54) is 14.2 Å². The molecule has 3 rings (SSSR count). The molecule has 0 saturated carbocycles. The molecule has 0 unspecified atom stereocenters. The van der Waals surface area contributed by atoms with Gasteiger partial charge in [0, 0.05) is 6.42 Å². The van der Waals surface area contributed by atoms with Gasteiger partial charge in [0.25, 0.3) is 11.8 Å². The zero-order valence-corrected chi connectivity index (χ0v) is 13.9. The Morgan fingerprint density at radius 1 is 0.960 bits per heavy atom. The minimum absolute atomic E-state index is 0.113. The number of nitrogens with zero attached hydrogens (tertiary/aromatic N) is 1. The minimum atomic E-state index is -1.06. The summed E-state index contributed by atoms with van der Waals surface area (Å²) < 4.78 is 10.1. The molecule has 1 heterocycles. The Balaban J connectivity index is 1.99. The number of ether oxygens (including phenoxy) is 2. The topological polar surface area (TPSA) is 72.9 Å². The maximum Gasteiger partial charge on any atom is 0.329 e. The second-order valence-corrected chi connectivity index (χ2v) is 5.58. The summed E-state index contributed by atoms with van der Waals surface area (Å²) in [6, 6.07) is 12.6. The average Bonchev–Trinajstić information content (AvgIpc) is 2.90. The van der Waals surface area contributed by atoms with Crippen molar-refractivity contribution in [2.24, 2.45) is 0 Å². The van der Waals surface area contributed by atoms with Gasteiger partial charge in [0.15, 0.2) is 0 Å². The zero-order valence-electron chi connectivity index (χ0n) is 13.9. The SMILES string of the molecule is COC(=O)[C@H](Cc1ccccc1OC)N1C(=O)c2ccccc2C1=O. The van der Waals surface area contributed by atoms with Gasteiger partial charge in [0.1, 0.15) is 11.8 Å². The quantitative estimate of drug-likeness (QED) is 0.616. The molecule has 2 aromatic rings. The standard InChI is InChI=1S/C19H17NO5/c1-24-16-10-6-3-7-12(16)11-15(19(23)25-2)20-17(21)13-8-4-5-9-14(13)18(20)22/h3-10,15H,11H2,1-2H3/t15-/m0/s1. The van der Waals surface area contributed by atoms with Crippen molar-refractivity contribution >= 4 is 17.8 Å². The smallest absolute Gasteiger partial charge is 0.329 e. The number of benzene rings is 2. The molecule has 0 saturated heterocycles. The van der Waals surface area contributed by atoms with Gasteiger partial charge < -0.3 is 9.47 Å². The molecule has 128 valence electrons. The van der Waals surface area contributed by atoms with Gasteiger partial charge in [-0.05, 0) is 23.8 Å². The van der Waals surface area contributed by atoms with E-state index in [0.717, 1.165) is 4.90 Å². The van der Waals surface area contributed by atoms with Crippen molar-refractivity contribution in [2.45, 2.75) is 12.5 Å². The van der Waals surface area contributed by atoms with Crippen molar-refractivity contribution < 1.29 is 23.9 Å². The highest BCUT2D eigenvalue weighted by molar-refractivity contribution is 6.22. The van der Waals surface area contributed by atoms with Crippen LogP contribution in [0.15, 0.2) is 48.5 Å². The third-order valence-corrected chi connectivity index (χ3v) is 4.22. The molecule has 1 aliphatic heterocycles. The molecule has 25 heavy (non-hydrogen) atoms. The van der Waals surface area contributed by atoms with Crippen LogP contribution in [0, 0.1) is 0 Å². The number of para-hydroxylation sites is 1. The van der Waals surface area contributed by atoms with Gasteiger partial charge in [-0.3, -0.25) is 14.5 Å². The lowest BCUT2D eigenvalue weighted by atomic mass is 10.0. The molecular formula is C19H17NO5. The van der Waals surface area contributed by atoms with Crippen molar-refractivity contribution in [2.75, 3.05) is 14.2 Å². The first kappa shape index (κ1) is 16.7. The third-order valence-electron chi connectivity index (χ3n) is 4.22. The Morgan fingerprint density at radius 3 is 2.08 bits per heavy atom. The first-order valence-electron chi connectivity index (χ1n) is 7.75. The summed E-state index contributed by atoms with van der Waals surface area (Å²) in [5.41, 5.74) is 1.29. The molecule has 0 radical (unpaired) electrons. The highest BCUT2D eigenvalue weighted by Crippen LogP contribution is 2.28. The van der Waals surface area contributed by atoms with Crippen LogP contribution in [-0.2, 0) is 16.0 Å². The third kappa shape index (κ3) is 2.87. The number of fused-ring (bicyclic) bond motifs is 1. The second kappa shape index (κ2) is 6.76. The first-order chi connectivity index (χ1) is 12.1. The summed E-state index contributed by atoms with van der Waals surface area (Å²) in [5, 5.41) is 0. The molecule has 0 fully saturated rings. The predicted octanol–water partition coefficient (Wildman–Crippen LogP) is 2.08. The summed E-state index contributed by atoms with van der Waals surface area (Å²) >= 11 is 0. The number of hydrogen-bond acceptors (Lipinski definition) is 5. The number of rotatable bonds is 5. The van der Waals surface area contributed by atoms with E-state index in [4.69, 9.17) is 9.47 Å². The van der Waals surface area contributed by atoms with Crippen LogP contribution >= 0.6 is 0 Å². The van der Waals surface area contributed by atoms with E-state index in [2.05, 4.69) is 0 Å². The number of methoxy groups -OCH3 is 2. The van der Waals surface area contributed by atoms with E-state index in [-0.39, 0.29) is 6.42 Å². The molecule has 6 nitrogen and oxygen atoms in total. The summed E-state index contributed by atoms with van der Waals surface area (Å²) in [6.07, 6.45) is 0.113. The van der Waals surface area contributed by atoms with Crippen LogP contribution in [0.1, 0.15) is 26.3 Å². The van der Waals surface area contributed by atoms with Crippen molar-refractivity contribution in [3.05, 3.63) is 65.2 Å². The Bertz CT molecular complexity index is 810. The van der Waals surface area contributed by atoms with Crippen LogP contribution in [0.3, 0.4) is 0 Å². The van der Waals surface area contributed by atoms with Gasteiger partial charge in [-0.1, -0.05) is 30.3 Å². The average molecular weight is 339 g/mol. The monoisotopic (exact) mass is 339 g/mol. The van der Waals surface area contributed by atoms with Crippen LogP contribution < -0.4 is 4.74 Å². The fourth-order valence-electron chi connectivity index (χ4n) is 2.99. The molecule has 1 aliphatic rings. The van der Waals surface area contributed by atoms with Crippen LogP contribution in [0.4, 0.5) is 0 Å². The number of carbonyl (C=O) groups is 3. The Kier molecular flexibility index (Phi) is 4.52. The highest BCUT2D eigenvalue weighted by atomic mass is 16.5. The van der Waals surface area contributed by atoms with Crippen molar-refractivity contribution in [3.63, 3.8) is 0 Å². The van der Waals surface area contributed by atoms with Crippen molar-refractivity contribution in [1.82, 2.24) is 4.90 Å². The van der Waals surface area contributed by atoms with E-state index in [9.17, 15) is 14.4 Å². The van der Waals surface area contributed by atoms with Gasteiger partial charge in [-0.2, -0.15) is 0 Å². The molecule has 0 spiro atoms. The minimum Gasteiger partial charge on any atom is -0.496 e. The fraction of sp³-hybridized carbons (Fsp3) is 0.211. The number of hydrogen-bond donors (Lipinski definition) is 0. The van der Waals surface area contributed by atoms with E-state index in [1.807, 2.05) is 0 Å². The Labute approximate surface area is 145 Å². The van der Waals surface area contributed by atoms with E-state index in [0.29, 0.717) is 22.4 Å². The molecule has 2 aromatic carbocycles. The highest BCUT2D eigenvalue weighted by Gasteiger charge is 2.43. The summed E-state index contributed by atoms with van der Waals surface area (Å²) in [5.74, 6) is -1.06. The maximum absolute atomic E-state index is 12.7. The van der Waals surface area contributed by atoms with Gasteiger partial charge in [-0.25, -0.2) is 4.79 Å². The van der Waals surface area contributed by atoms with Gasteiger partial charge in [0.05, 0.1) is 25.3 Å². The van der Waals surface area contributed by atoms with Crippen LogP contribution in [0.5, 0.6) is 5.75 Å². The molecule has 2 amide bonds. The number of carbonyl (C=O) groups excluding carboxylic acids is 3. The molecule has 0 aliphatic carbocycles. The van der Waals surface area contributed by atoms with Crippen LogP contribution in [0.25, 0.3) is 0 Å². The molecule has 0 aromatic heterocycles. The number of imide groups is 1. The van der Waals surface area contributed by atoms with Gasteiger partial charge >= 0.3 is 5.97 Å². The molecule has 1 atom stereocenters. The summed E-state index contributed by atoms with van der Waals surface area (Å²) in [6.45, 7) is 0. The summed E-state index contributed by atoms with van der Waals surface area (Å²) in [4.78, 5) is 38.7. The van der Waals surface area contributed by atoms with Crippen LogP contribution in [-0.4, -0.2) is 42.9 Å². The molecule has 6 heteroatoms. The normalized spacial score (nSPS) is 14.2. The number of amides is 2. The van der Waals surface area contributed by atoms with Gasteiger partial charge in [-0.15, -0.1) is 0 Å². The maximum atomic E-state index is 12.7. The zero-order chi connectivity index (χ0) is 18.0. The second-order valence-electron chi connectivity index (χ2n) is 5.58. The van der Waals surface area contributed by atoms with Crippen molar-refractivity contribution in [1.29, 1.82) is 0 Å². The van der Waals surface area contributed by atoms with Crippen LogP contribution in [0.2, 0.25) is 0 Å². The van der Waals surface area contributed by atoms with E-state index in [1.54, 1.807) is 48.5 Å². The Morgan fingerprint density at radius 2 is 1.52 bits per heavy atom. The molecular weight excluding hydrogens is 322 g/mol. The lowest BCUT2D eigenvalue weighted by Crippen LogP contribution is -2.46. The lowest BCUT2D eigenvalue weighted by Gasteiger charge is -2.24. The molecule has 0 bridgehead atoms. The first-order valence-corrected chi connectivity index (χ1v) is 7.75. The van der Waals surface area contributed by atoms with Crippen molar-refractivity contribution in [3.8, 4) is 5.75 Å². The number of esters is 1. The summed E-state index contributed by atoms with van der Waals surface area (Å²) in [7, 11) is 2.75. The largest absolute Gasteiger partial charge is 0.496 e. The molecule has 0 N–H and O–H groups in total. The predicted molar refractivity (Wildman–Crippen MR) is 89.4 cm³/mol.